The molecule has 4 heterocycles. The molecule has 4 saturated heterocycles. The van der Waals surface area contributed by atoms with Gasteiger partial charge in [-0.2, -0.15) is 0 Å². The van der Waals surface area contributed by atoms with E-state index in [1.54, 1.807) is 6.66 Å². The molecule has 2 radical (unpaired) electrons. The van der Waals surface area contributed by atoms with Crippen molar-refractivity contribution in [2.75, 3.05) is 26.5 Å². The SMILES string of the molecule is C[B]C12CCC(COP(C)(=O)OC3C(C)C4([B]C)CCC3(COC(C)C)O4)(O1)C(OCC)C2C. The van der Waals surface area contributed by atoms with Crippen molar-refractivity contribution < 1.29 is 32.6 Å². The second kappa shape index (κ2) is 9.45. The average Bonchev–Trinajstić information content (AvgIpc) is 3.49. The molecule has 4 rings (SSSR count). The first-order valence-corrected chi connectivity index (χ1v) is 15.1. The molecule has 9 atom stereocenters. The first-order chi connectivity index (χ1) is 15.9. The van der Waals surface area contributed by atoms with E-state index in [-0.39, 0.29) is 47.8 Å². The maximum absolute atomic E-state index is 13.7. The highest BCUT2D eigenvalue weighted by molar-refractivity contribution is 7.53. The van der Waals surface area contributed by atoms with Gasteiger partial charge in [-0.1, -0.05) is 27.5 Å². The molecule has 0 aliphatic carbocycles. The summed E-state index contributed by atoms with van der Waals surface area (Å²) in [7, 11) is 0.850. The van der Waals surface area contributed by atoms with Gasteiger partial charge in [0.15, 0.2) is 14.6 Å². The molecule has 0 spiro atoms. The van der Waals surface area contributed by atoms with Crippen molar-refractivity contribution >= 4 is 22.2 Å². The highest BCUT2D eigenvalue weighted by atomic mass is 31.2. The fourth-order valence-corrected chi connectivity index (χ4v) is 8.28. The molecule has 0 aromatic heterocycles. The van der Waals surface area contributed by atoms with E-state index in [1.807, 2.05) is 34.4 Å². The lowest BCUT2D eigenvalue weighted by atomic mass is 9.53. The lowest BCUT2D eigenvalue weighted by Crippen LogP contribution is -2.50. The van der Waals surface area contributed by atoms with Crippen LogP contribution in [0.4, 0.5) is 0 Å². The van der Waals surface area contributed by atoms with E-state index >= 15 is 0 Å². The number of ether oxygens (including phenoxy) is 4. The van der Waals surface area contributed by atoms with Gasteiger partial charge < -0.3 is 28.0 Å². The minimum Gasteiger partial charge on any atom is -0.376 e. The Morgan fingerprint density at radius 1 is 0.941 bits per heavy atom. The van der Waals surface area contributed by atoms with Gasteiger partial charge in [0.05, 0.1) is 25.4 Å². The summed E-state index contributed by atoms with van der Waals surface area (Å²) in [6.45, 7) is 17.2. The minimum absolute atomic E-state index is 0.0461. The molecule has 9 unspecified atom stereocenters. The van der Waals surface area contributed by atoms with Crippen molar-refractivity contribution in [3.05, 3.63) is 0 Å². The molecule has 4 fully saturated rings. The molecule has 0 aromatic carbocycles. The van der Waals surface area contributed by atoms with Crippen molar-refractivity contribution in [2.45, 2.75) is 114 Å². The van der Waals surface area contributed by atoms with Gasteiger partial charge in [-0.3, -0.25) is 4.57 Å². The quantitative estimate of drug-likeness (QED) is 0.294. The lowest BCUT2D eigenvalue weighted by molar-refractivity contribution is -0.116. The van der Waals surface area contributed by atoms with Crippen LogP contribution in [-0.4, -0.2) is 81.6 Å². The topological polar surface area (TPSA) is 72.5 Å². The third kappa shape index (κ3) is 4.29. The van der Waals surface area contributed by atoms with Gasteiger partial charge in [0.2, 0.25) is 0 Å². The van der Waals surface area contributed by atoms with Crippen LogP contribution in [-0.2, 0) is 32.6 Å². The molecule has 34 heavy (non-hydrogen) atoms. The molecular formula is C24H43B2O7P. The highest BCUT2D eigenvalue weighted by Gasteiger charge is 2.68. The summed E-state index contributed by atoms with van der Waals surface area (Å²) in [5, 5.41) is 0. The van der Waals surface area contributed by atoms with Crippen LogP contribution in [0.25, 0.3) is 0 Å². The summed E-state index contributed by atoms with van der Waals surface area (Å²) in [6.07, 6.45) is 3.07. The van der Waals surface area contributed by atoms with Crippen LogP contribution in [0.2, 0.25) is 13.6 Å². The van der Waals surface area contributed by atoms with Gasteiger partial charge in [-0.15, -0.1) is 0 Å². The van der Waals surface area contributed by atoms with Crippen molar-refractivity contribution in [1.82, 2.24) is 0 Å². The third-order valence-electron chi connectivity index (χ3n) is 8.98. The maximum Gasteiger partial charge on any atom is 0.328 e. The summed E-state index contributed by atoms with van der Waals surface area (Å²) in [4.78, 5) is 0. The van der Waals surface area contributed by atoms with E-state index in [4.69, 9.17) is 28.0 Å². The molecule has 4 aliphatic rings. The van der Waals surface area contributed by atoms with Crippen molar-refractivity contribution in [3.63, 3.8) is 0 Å². The minimum atomic E-state index is -3.42. The Morgan fingerprint density at radius 2 is 1.47 bits per heavy atom. The zero-order chi connectivity index (χ0) is 25.0. The molecule has 0 saturated carbocycles. The second-order valence-electron chi connectivity index (χ2n) is 11.2. The van der Waals surface area contributed by atoms with Crippen LogP contribution < -0.4 is 0 Å². The number of rotatable bonds is 12. The Hall–Kier alpha value is 0.120. The zero-order valence-corrected chi connectivity index (χ0v) is 23.2. The maximum atomic E-state index is 13.7. The van der Waals surface area contributed by atoms with Crippen molar-refractivity contribution in [3.8, 4) is 0 Å². The van der Waals surface area contributed by atoms with E-state index in [9.17, 15) is 4.57 Å². The molecule has 4 aliphatic heterocycles. The van der Waals surface area contributed by atoms with E-state index in [0.29, 0.717) is 13.2 Å². The highest BCUT2D eigenvalue weighted by Crippen LogP contribution is 2.61. The molecule has 4 bridgehead atoms. The molecule has 192 valence electrons. The monoisotopic (exact) mass is 496 g/mol. The summed E-state index contributed by atoms with van der Waals surface area (Å²) in [5.41, 5.74) is -1.91. The predicted molar refractivity (Wildman–Crippen MR) is 134 cm³/mol. The summed E-state index contributed by atoms with van der Waals surface area (Å²) < 4.78 is 51.5. The van der Waals surface area contributed by atoms with Gasteiger partial charge in [0, 0.05) is 36.1 Å². The van der Waals surface area contributed by atoms with Crippen LogP contribution in [0.15, 0.2) is 0 Å². The van der Waals surface area contributed by atoms with Crippen LogP contribution in [0.5, 0.6) is 0 Å². The van der Waals surface area contributed by atoms with Crippen LogP contribution in [0.3, 0.4) is 0 Å². The first kappa shape index (κ1) is 27.2. The fraction of sp³-hybridized carbons (Fsp3) is 1.00. The van der Waals surface area contributed by atoms with Gasteiger partial charge in [0.25, 0.3) is 0 Å². The van der Waals surface area contributed by atoms with Crippen LogP contribution >= 0.6 is 7.60 Å². The Labute approximate surface area is 207 Å². The number of fused-ring (bicyclic) bond motifs is 4. The Morgan fingerprint density at radius 3 is 1.97 bits per heavy atom. The number of hydrogen-bond acceptors (Lipinski definition) is 7. The smallest absolute Gasteiger partial charge is 0.328 e. The zero-order valence-electron chi connectivity index (χ0n) is 22.3. The van der Waals surface area contributed by atoms with Gasteiger partial charge in [-0.25, -0.2) is 0 Å². The normalized spacial score (nSPS) is 46.9. The van der Waals surface area contributed by atoms with Crippen LogP contribution in [0.1, 0.15) is 60.3 Å². The van der Waals surface area contributed by atoms with Gasteiger partial charge >= 0.3 is 7.60 Å². The second-order valence-corrected chi connectivity index (χ2v) is 13.2. The summed E-state index contributed by atoms with van der Waals surface area (Å²) in [5.74, 6) is 0.257. The number of hydrogen-bond donors (Lipinski definition) is 0. The van der Waals surface area contributed by atoms with Gasteiger partial charge in [-0.05, 0) is 46.5 Å². The van der Waals surface area contributed by atoms with E-state index < -0.39 is 18.8 Å². The standard InChI is InChI=1S/C24H43B2O7P/c1-9-28-19-17(4)23(25-6)13-11-22(19,33-23)15-30-34(8,27)31-20-18(5)24(26-7)12-10-21(20,32-24)14-29-16(2)3/h16-20H,9-15H2,1-8H3. The van der Waals surface area contributed by atoms with E-state index in [2.05, 4.69) is 28.4 Å². The van der Waals surface area contributed by atoms with Crippen LogP contribution in [0, 0.1) is 11.8 Å². The Kier molecular flexibility index (Phi) is 7.55. The van der Waals surface area contributed by atoms with E-state index in [0.717, 1.165) is 25.7 Å². The third-order valence-corrected chi connectivity index (χ3v) is 10.2. The van der Waals surface area contributed by atoms with Crippen molar-refractivity contribution in [2.24, 2.45) is 11.8 Å². The van der Waals surface area contributed by atoms with Gasteiger partial charge in [0.1, 0.15) is 17.3 Å². The van der Waals surface area contributed by atoms with Crippen molar-refractivity contribution in [1.29, 1.82) is 0 Å². The first-order valence-electron chi connectivity index (χ1n) is 13.1. The van der Waals surface area contributed by atoms with E-state index in [1.165, 1.54) is 0 Å². The lowest BCUT2D eigenvalue weighted by Gasteiger charge is -2.39. The summed E-state index contributed by atoms with van der Waals surface area (Å²) in [6, 6.07) is 0. The Bertz CT molecular complexity index is 801. The molecule has 10 heteroatoms. The predicted octanol–water partition coefficient (Wildman–Crippen LogP) is 4.34. The molecule has 0 amide bonds. The fourth-order valence-electron chi connectivity index (χ4n) is 6.97. The molecule has 0 N–H and O–H groups in total. The Balaban J connectivity index is 1.49. The largest absolute Gasteiger partial charge is 0.376 e. The molecule has 0 aromatic rings. The summed E-state index contributed by atoms with van der Waals surface area (Å²) >= 11 is 0. The average molecular weight is 496 g/mol. The molecular weight excluding hydrogens is 453 g/mol. The molecule has 7 nitrogen and oxygen atoms in total.